The second-order valence-corrected chi connectivity index (χ2v) is 8.62. The lowest BCUT2D eigenvalue weighted by Crippen LogP contribution is -2.53. The molecule has 8 heteroatoms. The van der Waals surface area contributed by atoms with Gasteiger partial charge in [-0.05, 0) is 31.5 Å². The highest BCUT2D eigenvalue weighted by Gasteiger charge is 2.28. The van der Waals surface area contributed by atoms with Gasteiger partial charge in [0.2, 0.25) is 5.91 Å². The Morgan fingerprint density at radius 1 is 1.27 bits per heavy atom. The number of anilines is 1. The van der Waals surface area contributed by atoms with Crippen molar-refractivity contribution in [3.63, 3.8) is 0 Å². The van der Waals surface area contributed by atoms with Crippen LogP contribution < -0.4 is 10.2 Å². The molecule has 0 aliphatic carbocycles. The van der Waals surface area contributed by atoms with Crippen molar-refractivity contribution in [3.05, 3.63) is 30.2 Å². The number of carbonyl (C=O) groups excluding carboxylic acids is 1. The molecule has 3 heterocycles. The van der Waals surface area contributed by atoms with E-state index >= 15 is 0 Å². The van der Waals surface area contributed by atoms with E-state index in [4.69, 9.17) is 0 Å². The third kappa shape index (κ3) is 4.53. The summed E-state index contributed by atoms with van der Waals surface area (Å²) in [4.78, 5) is 28.0. The number of nitrogens with zero attached hydrogens (tertiary/aromatic N) is 6. The number of rotatable bonds is 4. The van der Waals surface area contributed by atoms with Crippen molar-refractivity contribution in [1.82, 2.24) is 25.1 Å². The molecule has 2 atom stereocenters. The zero-order valence-corrected chi connectivity index (χ0v) is 17.7. The maximum Gasteiger partial charge on any atom is 0.234 e. The number of piperazine rings is 1. The van der Waals surface area contributed by atoms with Crippen molar-refractivity contribution in [1.29, 1.82) is 5.26 Å². The number of aromatic nitrogens is 2. The zero-order chi connectivity index (χ0) is 21.1. The van der Waals surface area contributed by atoms with E-state index in [0.717, 1.165) is 56.8 Å². The molecule has 4 rings (SSSR count). The summed E-state index contributed by atoms with van der Waals surface area (Å²) < 4.78 is 0. The summed E-state index contributed by atoms with van der Waals surface area (Å²) in [6.45, 7) is 8.23. The second-order valence-electron chi connectivity index (χ2n) is 8.62. The number of benzene rings is 1. The van der Waals surface area contributed by atoms with Crippen molar-refractivity contribution in [3.8, 4) is 6.07 Å². The van der Waals surface area contributed by atoms with Gasteiger partial charge in [0.15, 0.2) is 0 Å². The lowest BCUT2D eigenvalue weighted by Gasteiger charge is -2.39. The summed E-state index contributed by atoms with van der Waals surface area (Å²) in [6, 6.07) is 6.11. The van der Waals surface area contributed by atoms with Gasteiger partial charge >= 0.3 is 0 Å². The Morgan fingerprint density at radius 3 is 2.83 bits per heavy atom. The molecule has 0 radical (unpaired) electrons. The zero-order valence-electron chi connectivity index (χ0n) is 17.7. The number of likely N-dealkylation sites (N-methyl/N-ethyl adjacent to an activating group) is 1. The number of nitriles is 1. The quantitative estimate of drug-likeness (QED) is 0.811. The average molecular weight is 408 g/mol. The SMILES string of the molecule is C[C@H]1C[C@@H](NC(=O)CN2CCN(C)CC2)CN(c2ccc(C#N)c3ncncc23)C1. The number of amides is 1. The van der Waals surface area contributed by atoms with E-state index in [-0.39, 0.29) is 11.9 Å². The Morgan fingerprint density at radius 2 is 2.07 bits per heavy atom. The smallest absolute Gasteiger partial charge is 0.234 e. The predicted molar refractivity (Wildman–Crippen MR) is 116 cm³/mol. The normalized spacial score (nSPS) is 23.3. The van der Waals surface area contributed by atoms with Gasteiger partial charge in [-0.25, -0.2) is 9.97 Å². The number of nitrogens with one attached hydrogen (secondary N) is 1. The number of hydrogen-bond donors (Lipinski definition) is 1. The number of carbonyl (C=O) groups is 1. The summed E-state index contributed by atoms with van der Waals surface area (Å²) in [7, 11) is 2.12. The average Bonchev–Trinajstić information content (AvgIpc) is 2.74. The largest absolute Gasteiger partial charge is 0.369 e. The van der Waals surface area contributed by atoms with Crippen molar-refractivity contribution < 1.29 is 4.79 Å². The van der Waals surface area contributed by atoms with Crippen LogP contribution in [0.1, 0.15) is 18.9 Å². The monoisotopic (exact) mass is 407 g/mol. The molecule has 158 valence electrons. The molecule has 0 spiro atoms. The summed E-state index contributed by atoms with van der Waals surface area (Å²) in [5.74, 6) is 0.551. The molecule has 1 aromatic carbocycles. The fourth-order valence-electron chi connectivity index (χ4n) is 4.56. The molecular weight excluding hydrogens is 378 g/mol. The highest BCUT2D eigenvalue weighted by Crippen LogP contribution is 2.30. The molecule has 0 unspecified atom stereocenters. The standard InChI is InChI=1S/C22H29N7O/c1-16-9-18(26-21(30)14-28-7-5-27(2)6-8-28)13-29(12-16)20-4-3-17(10-23)22-19(20)11-24-15-25-22/h3-4,11,15-16,18H,5-9,12-14H2,1-2H3,(H,26,30)/t16-,18+/m0/s1. The highest BCUT2D eigenvalue weighted by atomic mass is 16.2. The van der Waals surface area contributed by atoms with E-state index < -0.39 is 0 Å². The molecule has 2 aliphatic rings. The van der Waals surface area contributed by atoms with Gasteiger partial charge in [0.25, 0.3) is 0 Å². The van der Waals surface area contributed by atoms with E-state index in [1.807, 2.05) is 12.1 Å². The molecule has 2 fully saturated rings. The molecule has 2 aromatic rings. The molecule has 2 aliphatic heterocycles. The van der Waals surface area contributed by atoms with E-state index in [0.29, 0.717) is 23.5 Å². The molecule has 1 N–H and O–H groups in total. The summed E-state index contributed by atoms with van der Waals surface area (Å²) in [5.41, 5.74) is 2.26. The third-order valence-corrected chi connectivity index (χ3v) is 6.10. The lowest BCUT2D eigenvalue weighted by molar-refractivity contribution is -0.123. The van der Waals surface area contributed by atoms with Gasteiger partial charge in [-0.3, -0.25) is 9.69 Å². The number of hydrogen-bond acceptors (Lipinski definition) is 7. The topological polar surface area (TPSA) is 88.4 Å². The number of fused-ring (bicyclic) bond motifs is 1. The lowest BCUT2D eigenvalue weighted by atomic mass is 9.94. The first-order chi connectivity index (χ1) is 14.5. The maximum atomic E-state index is 12.7. The molecule has 0 bridgehead atoms. The number of piperidine rings is 1. The fourth-order valence-corrected chi connectivity index (χ4v) is 4.56. The van der Waals surface area contributed by atoms with Crippen LogP contribution in [0.25, 0.3) is 10.9 Å². The molecule has 30 heavy (non-hydrogen) atoms. The van der Waals surface area contributed by atoms with Gasteiger partial charge < -0.3 is 15.1 Å². The minimum atomic E-state index is 0.101. The Bertz CT molecular complexity index is 948. The third-order valence-electron chi connectivity index (χ3n) is 6.10. The fraction of sp³-hybridized carbons (Fsp3) is 0.545. The highest BCUT2D eigenvalue weighted by molar-refractivity contribution is 5.94. The van der Waals surface area contributed by atoms with Gasteiger partial charge in [0, 0.05) is 62.6 Å². The van der Waals surface area contributed by atoms with Crippen LogP contribution in [0, 0.1) is 17.2 Å². The van der Waals surface area contributed by atoms with Crippen LogP contribution in [0.2, 0.25) is 0 Å². The molecule has 2 saturated heterocycles. The van der Waals surface area contributed by atoms with Crippen molar-refractivity contribution >= 4 is 22.5 Å². The van der Waals surface area contributed by atoms with Crippen molar-refractivity contribution in [2.45, 2.75) is 19.4 Å². The first kappa shape index (κ1) is 20.5. The van der Waals surface area contributed by atoms with Crippen LogP contribution in [0.4, 0.5) is 5.69 Å². The predicted octanol–water partition coefficient (Wildman–Crippen LogP) is 1.08. The van der Waals surface area contributed by atoms with Gasteiger partial charge in [-0.2, -0.15) is 5.26 Å². The Labute approximate surface area is 177 Å². The summed E-state index contributed by atoms with van der Waals surface area (Å²) >= 11 is 0. The maximum absolute atomic E-state index is 12.7. The summed E-state index contributed by atoms with van der Waals surface area (Å²) in [5, 5.41) is 13.5. The van der Waals surface area contributed by atoms with Gasteiger partial charge in [-0.15, -0.1) is 0 Å². The molecule has 8 nitrogen and oxygen atoms in total. The van der Waals surface area contributed by atoms with Crippen LogP contribution in [-0.4, -0.2) is 84.6 Å². The van der Waals surface area contributed by atoms with Crippen molar-refractivity contribution in [2.75, 3.05) is 57.8 Å². The first-order valence-corrected chi connectivity index (χ1v) is 10.6. The molecule has 0 saturated carbocycles. The Kier molecular flexibility index (Phi) is 6.11. The second kappa shape index (κ2) is 8.94. The molecule has 1 amide bonds. The molecular formula is C22H29N7O. The van der Waals surface area contributed by atoms with Crippen LogP contribution >= 0.6 is 0 Å². The van der Waals surface area contributed by atoms with E-state index in [1.54, 1.807) is 6.20 Å². The van der Waals surface area contributed by atoms with Gasteiger partial charge in [0.1, 0.15) is 12.4 Å². The summed E-state index contributed by atoms with van der Waals surface area (Å²) in [6.07, 6.45) is 4.22. The minimum Gasteiger partial charge on any atom is -0.369 e. The first-order valence-electron chi connectivity index (χ1n) is 10.6. The Balaban J connectivity index is 1.46. The minimum absolute atomic E-state index is 0.101. The van der Waals surface area contributed by atoms with Gasteiger partial charge in [-0.1, -0.05) is 6.92 Å². The van der Waals surface area contributed by atoms with Crippen LogP contribution in [0.15, 0.2) is 24.7 Å². The van der Waals surface area contributed by atoms with Crippen LogP contribution in [-0.2, 0) is 4.79 Å². The molecule has 1 aromatic heterocycles. The van der Waals surface area contributed by atoms with E-state index in [9.17, 15) is 10.1 Å². The Hall–Kier alpha value is -2.76. The van der Waals surface area contributed by atoms with E-state index in [1.165, 1.54) is 6.33 Å². The van der Waals surface area contributed by atoms with Crippen LogP contribution in [0.3, 0.4) is 0 Å². The van der Waals surface area contributed by atoms with Crippen LogP contribution in [0.5, 0.6) is 0 Å². The van der Waals surface area contributed by atoms with Crippen molar-refractivity contribution in [2.24, 2.45) is 5.92 Å². The van der Waals surface area contributed by atoms with E-state index in [2.05, 4.69) is 50.0 Å². The van der Waals surface area contributed by atoms with Gasteiger partial charge in [0.05, 0.1) is 17.6 Å².